The van der Waals surface area contributed by atoms with Gasteiger partial charge >= 0.3 is 0 Å². The van der Waals surface area contributed by atoms with Gasteiger partial charge in [0.15, 0.2) is 10.4 Å². The Hall–Kier alpha value is -2.02. The summed E-state index contributed by atoms with van der Waals surface area (Å²) in [5, 5.41) is 12.6. The minimum Gasteiger partial charge on any atom is -0.328 e. The van der Waals surface area contributed by atoms with Gasteiger partial charge in [0.05, 0.1) is 17.9 Å². The Balaban J connectivity index is 2.11. The first kappa shape index (κ1) is 13.0. The van der Waals surface area contributed by atoms with E-state index in [0.29, 0.717) is 11.3 Å². The van der Waals surface area contributed by atoms with Crippen LogP contribution in [0.15, 0.2) is 18.3 Å². The number of rotatable bonds is 4. The van der Waals surface area contributed by atoms with Crippen molar-refractivity contribution >= 4 is 23.4 Å². The summed E-state index contributed by atoms with van der Waals surface area (Å²) in [6.45, 7) is 2.74. The number of H-pyrrole nitrogens is 1. The van der Waals surface area contributed by atoms with E-state index in [-0.39, 0.29) is 0 Å². The predicted octanol–water partition coefficient (Wildman–Crippen LogP) is 2.22. The summed E-state index contributed by atoms with van der Waals surface area (Å²) in [5.41, 5.74) is 3.98. The summed E-state index contributed by atoms with van der Waals surface area (Å²) in [6.07, 6.45) is 3.67. The van der Waals surface area contributed by atoms with E-state index < -0.39 is 0 Å². The first-order valence-electron chi connectivity index (χ1n) is 6.61. The van der Waals surface area contributed by atoms with Gasteiger partial charge in [0.1, 0.15) is 5.52 Å². The Bertz CT molecular complexity index is 782. The third kappa shape index (κ3) is 2.14. The van der Waals surface area contributed by atoms with Crippen LogP contribution in [0.5, 0.6) is 0 Å². The van der Waals surface area contributed by atoms with Crippen LogP contribution in [0.1, 0.15) is 24.7 Å². The van der Waals surface area contributed by atoms with Crippen LogP contribution in [0.2, 0.25) is 0 Å². The zero-order chi connectivity index (χ0) is 14.1. The first-order valence-corrected chi connectivity index (χ1v) is 7.02. The quantitative estimate of drug-likeness (QED) is 0.748. The molecule has 0 saturated heterocycles. The number of hydrogen-bond acceptors (Lipinski definition) is 4. The van der Waals surface area contributed by atoms with Gasteiger partial charge in [0.2, 0.25) is 0 Å². The summed E-state index contributed by atoms with van der Waals surface area (Å²) in [4.78, 5) is 3.27. The van der Waals surface area contributed by atoms with Crippen LogP contribution in [0.25, 0.3) is 11.2 Å². The van der Waals surface area contributed by atoms with E-state index in [9.17, 15) is 0 Å². The highest BCUT2D eigenvalue weighted by atomic mass is 32.1. The average molecular weight is 288 g/mol. The zero-order valence-electron chi connectivity index (χ0n) is 11.5. The average Bonchev–Trinajstić information content (AvgIpc) is 2.91. The normalized spacial score (nSPS) is 11.3. The Morgan fingerprint density at radius 2 is 2.25 bits per heavy atom. The maximum absolute atomic E-state index is 5.43. The number of hydrogen-bond donors (Lipinski definition) is 1. The molecule has 1 N–H and O–H groups in total. The number of fused-ring (bicyclic) bond motifs is 1. The highest BCUT2D eigenvalue weighted by Gasteiger charge is 2.15. The molecule has 7 heteroatoms. The molecule has 0 radical (unpaired) electrons. The van der Waals surface area contributed by atoms with Crippen molar-refractivity contribution in [2.24, 2.45) is 7.05 Å². The van der Waals surface area contributed by atoms with E-state index in [4.69, 9.17) is 12.2 Å². The van der Waals surface area contributed by atoms with Crippen LogP contribution in [0, 0.1) is 4.77 Å². The van der Waals surface area contributed by atoms with Crippen molar-refractivity contribution in [2.45, 2.75) is 26.3 Å². The highest BCUT2D eigenvalue weighted by molar-refractivity contribution is 7.71. The van der Waals surface area contributed by atoms with E-state index in [0.717, 1.165) is 35.4 Å². The summed E-state index contributed by atoms with van der Waals surface area (Å²) in [7, 11) is 1.94. The Labute approximate surface area is 121 Å². The lowest BCUT2D eigenvalue weighted by atomic mass is 10.2. The van der Waals surface area contributed by atoms with Crippen LogP contribution in [-0.4, -0.2) is 29.5 Å². The largest absolute Gasteiger partial charge is 0.328 e. The van der Waals surface area contributed by atoms with Gasteiger partial charge in [-0.1, -0.05) is 13.3 Å². The predicted molar refractivity (Wildman–Crippen MR) is 79.0 cm³/mol. The number of nitrogens with zero attached hydrogens (tertiary/aromatic N) is 5. The Kier molecular flexibility index (Phi) is 3.35. The van der Waals surface area contributed by atoms with Gasteiger partial charge in [-0.25, -0.2) is 0 Å². The molecule has 0 aliphatic carbocycles. The highest BCUT2D eigenvalue weighted by Crippen LogP contribution is 2.19. The maximum Gasteiger partial charge on any atom is 0.179 e. The van der Waals surface area contributed by atoms with Crippen molar-refractivity contribution in [1.82, 2.24) is 29.5 Å². The van der Waals surface area contributed by atoms with Gasteiger partial charge in [0, 0.05) is 13.2 Å². The molecule has 0 fully saturated rings. The van der Waals surface area contributed by atoms with Crippen LogP contribution in [0.3, 0.4) is 0 Å². The Morgan fingerprint density at radius 1 is 1.40 bits per heavy atom. The van der Waals surface area contributed by atoms with E-state index in [1.54, 1.807) is 6.20 Å². The van der Waals surface area contributed by atoms with Gasteiger partial charge in [-0.05, 0) is 30.8 Å². The third-order valence-corrected chi connectivity index (χ3v) is 3.58. The number of aromatic nitrogens is 6. The molecule has 0 spiro atoms. The smallest absolute Gasteiger partial charge is 0.179 e. The molecule has 3 aromatic rings. The third-order valence-electron chi connectivity index (χ3n) is 3.26. The second-order valence-electron chi connectivity index (χ2n) is 4.75. The number of aromatic amines is 1. The second kappa shape index (κ2) is 5.16. The molecule has 20 heavy (non-hydrogen) atoms. The second-order valence-corrected chi connectivity index (χ2v) is 5.14. The van der Waals surface area contributed by atoms with Crippen molar-refractivity contribution in [3.8, 4) is 0 Å². The molecule has 0 aromatic carbocycles. The molecule has 0 bridgehead atoms. The molecule has 0 saturated carbocycles. The molecule has 0 amide bonds. The molecular weight excluding hydrogens is 272 g/mol. The van der Waals surface area contributed by atoms with Gasteiger partial charge in [-0.15, -0.1) is 0 Å². The van der Waals surface area contributed by atoms with E-state index in [2.05, 4.69) is 27.2 Å². The van der Waals surface area contributed by atoms with E-state index >= 15 is 0 Å². The van der Waals surface area contributed by atoms with Crippen molar-refractivity contribution in [2.75, 3.05) is 0 Å². The van der Waals surface area contributed by atoms with Crippen molar-refractivity contribution in [3.05, 3.63) is 34.5 Å². The SMILES string of the molecule is CCCc1nn(C)c2c1[nH]c(=S)n2Cc1cccnn1. The molecule has 104 valence electrons. The van der Waals surface area contributed by atoms with Crippen molar-refractivity contribution in [1.29, 1.82) is 0 Å². The molecule has 6 nitrogen and oxygen atoms in total. The molecule has 3 heterocycles. The number of nitrogens with one attached hydrogen (secondary N) is 1. The number of imidazole rings is 1. The molecule has 3 rings (SSSR count). The maximum atomic E-state index is 5.43. The van der Waals surface area contributed by atoms with Crippen LogP contribution in [-0.2, 0) is 20.0 Å². The van der Waals surface area contributed by atoms with Crippen molar-refractivity contribution in [3.63, 3.8) is 0 Å². The fourth-order valence-electron chi connectivity index (χ4n) is 2.42. The van der Waals surface area contributed by atoms with Crippen molar-refractivity contribution < 1.29 is 0 Å². The lowest BCUT2D eigenvalue weighted by Gasteiger charge is -2.03. The van der Waals surface area contributed by atoms with Gasteiger partial charge in [0.25, 0.3) is 0 Å². The lowest BCUT2D eigenvalue weighted by Crippen LogP contribution is -2.06. The summed E-state index contributed by atoms with van der Waals surface area (Å²) < 4.78 is 4.58. The van der Waals surface area contributed by atoms with E-state index in [1.807, 2.05) is 28.4 Å². The minimum atomic E-state index is 0.595. The molecule has 0 aliphatic rings. The summed E-state index contributed by atoms with van der Waals surface area (Å²) >= 11 is 5.43. The van der Waals surface area contributed by atoms with Crippen LogP contribution >= 0.6 is 12.2 Å². The minimum absolute atomic E-state index is 0.595. The fraction of sp³-hybridized carbons (Fsp3) is 0.385. The monoisotopic (exact) mass is 288 g/mol. The zero-order valence-corrected chi connectivity index (χ0v) is 12.3. The molecular formula is C13H16N6S. The molecule has 0 atom stereocenters. The molecule has 0 aliphatic heterocycles. The summed E-state index contributed by atoms with van der Waals surface area (Å²) in [6, 6.07) is 3.82. The number of aryl methyl sites for hydroxylation is 2. The molecule has 0 unspecified atom stereocenters. The van der Waals surface area contributed by atoms with Gasteiger partial charge < -0.3 is 4.98 Å². The summed E-state index contributed by atoms with van der Waals surface area (Å²) in [5.74, 6) is 0. The van der Waals surface area contributed by atoms with Crippen LogP contribution in [0.4, 0.5) is 0 Å². The van der Waals surface area contributed by atoms with Crippen LogP contribution < -0.4 is 0 Å². The lowest BCUT2D eigenvalue weighted by molar-refractivity contribution is 0.691. The standard InChI is InChI=1S/C13H16N6S/c1-3-5-10-11-12(18(2)17-10)19(13(20)15-11)8-9-6-4-7-14-16-9/h4,6-7H,3,5,8H2,1-2H3,(H,15,20). The molecule has 3 aromatic heterocycles. The first-order chi connectivity index (χ1) is 9.70. The van der Waals surface area contributed by atoms with Gasteiger partial charge in [-0.2, -0.15) is 15.3 Å². The van der Waals surface area contributed by atoms with Gasteiger partial charge in [-0.3, -0.25) is 9.25 Å². The van der Waals surface area contributed by atoms with E-state index in [1.165, 1.54) is 0 Å². The fourth-order valence-corrected chi connectivity index (χ4v) is 2.67. The Morgan fingerprint density at radius 3 is 2.95 bits per heavy atom. The topological polar surface area (TPSA) is 64.3 Å².